The molecule has 0 bridgehead atoms. The van der Waals surface area contributed by atoms with E-state index in [0.717, 1.165) is 6.54 Å². The van der Waals surface area contributed by atoms with Gasteiger partial charge in [-0.3, -0.25) is 0 Å². The van der Waals surface area contributed by atoms with E-state index in [4.69, 9.17) is 10.2 Å². The Balaban J connectivity index is 5.12. The van der Waals surface area contributed by atoms with Crippen LogP contribution in [-0.2, 0) is 9.59 Å². The fraction of sp³-hybridized carbons (Fsp3) is 0.571. The number of hydrogen-bond donors (Lipinski definition) is 2. The van der Waals surface area contributed by atoms with E-state index in [1.807, 2.05) is 21.1 Å². The van der Waals surface area contributed by atoms with Crippen molar-refractivity contribution >= 4 is 11.9 Å². The van der Waals surface area contributed by atoms with Gasteiger partial charge in [0, 0.05) is 23.5 Å². The average Bonchev–Trinajstić information content (AvgIpc) is 2.26. The smallest absolute Gasteiger partial charge is 0.331 e. The molecule has 0 aromatic rings. The highest BCUT2D eigenvalue weighted by atomic mass is 16.4. The van der Waals surface area contributed by atoms with E-state index in [-0.39, 0.29) is 11.1 Å². The predicted octanol–water partition coefficient (Wildman–Crippen LogP) is 1.76. The molecule has 108 valence electrons. The summed E-state index contributed by atoms with van der Waals surface area (Å²) in [5.74, 6) is -2.53. The number of hydrogen-bond acceptors (Lipinski definition) is 2. The van der Waals surface area contributed by atoms with Crippen molar-refractivity contribution in [3.8, 4) is 0 Å². The molecule has 0 aliphatic heterocycles. The van der Waals surface area contributed by atoms with Crippen LogP contribution in [0.4, 0.5) is 0 Å². The second-order valence-electron chi connectivity index (χ2n) is 5.59. The van der Waals surface area contributed by atoms with Crippen molar-refractivity contribution in [2.24, 2.45) is 5.92 Å². The summed E-state index contributed by atoms with van der Waals surface area (Å²) in [6.07, 6.45) is 2.45. The summed E-state index contributed by atoms with van der Waals surface area (Å²) in [7, 11) is 6.01. The first-order chi connectivity index (χ1) is 8.58. The van der Waals surface area contributed by atoms with Crippen LogP contribution >= 0.6 is 0 Å². The van der Waals surface area contributed by atoms with Crippen LogP contribution in [0.3, 0.4) is 0 Å². The molecule has 1 atom stereocenters. The highest BCUT2D eigenvalue weighted by Crippen LogP contribution is 2.20. The minimum atomic E-state index is -1.08. The van der Waals surface area contributed by atoms with Crippen molar-refractivity contribution in [2.75, 3.05) is 27.7 Å². The van der Waals surface area contributed by atoms with Crippen LogP contribution in [-0.4, -0.2) is 54.3 Å². The summed E-state index contributed by atoms with van der Waals surface area (Å²) >= 11 is 0. The Hall–Kier alpha value is -1.62. The maximum atomic E-state index is 11.0. The Morgan fingerprint density at radius 1 is 1.21 bits per heavy atom. The van der Waals surface area contributed by atoms with Gasteiger partial charge >= 0.3 is 11.9 Å². The Morgan fingerprint density at radius 2 is 1.74 bits per heavy atom. The lowest BCUT2D eigenvalue weighted by molar-refractivity contribution is -0.870. The molecule has 0 rings (SSSR count). The predicted molar refractivity (Wildman–Crippen MR) is 73.8 cm³/mol. The number of carboxylic acids is 2. The normalized spacial score (nSPS) is 14.0. The molecule has 0 aromatic carbocycles. The summed E-state index contributed by atoms with van der Waals surface area (Å²) < 4.78 is 0.686. The van der Waals surface area contributed by atoms with Gasteiger partial charge in [0.15, 0.2) is 0 Å². The number of aliphatic carboxylic acids is 2. The third kappa shape index (κ3) is 6.76. The lowest BCUT2D eigenvalue weighted by Crippen LogP contribution is -2.36. The van der Waals surface area contributed by atoms with E-state index < -0.39 is 17.9 Å². The van der Waals surface area contributed by atoms with Gasteiger partial charge in [0.2, 0.25) is 0 Å². The van der Waals surface area contributed by atoms with E-state index in [2.05, 4.69) is 6.58 Å². The molecule has 0 spiro atoms. The van der Waals surface area contributed by atoms with Crippen LogP contribution in [0.1, 0.15) is 19.8 Å². The number of carbonyl (C=O) groups is 2. The van der Waals surface area contributed by atoms with Gasteiger partial charge in [0.05, 0.1) is 27.7 Å². The summed E-state index contributed by atoms with van der Waals surface area (Å²) in [5, 5.41) is 18.0. The Labute approximate surface area is 114 Å². The fourth-order valence-electron chi connectivity index (χ4n) is 1.63. The zero-order valence-electron chi connectivity index (χ0n) is 12.1. The summed E-state index contributed by atoms with van der Waals surface area (Å²) in [5.41, 5.74) is 0.273. The number of carboxylic acid groups (broad SMARTS) is 2. The molecule has 2 N–H and O–H groups in total. The van der Waals surface area contributed by atoms with Gasteiger partial charge in [-0.05, 0) is 6.42 Å². The van der Waals surface area contributed by atoms with Crippen molar-refractivity contribution in [3.05, 3.63) is 23.8 Å². The molecule has 0 saturated carbocycles. The molecular formula is C14H24NO4+. The Morgan fingerprint density at radius 3 is 2.05 bits per heavy atom. The molecule has 0 radical (unpaired) electrons. The highest BCUT2D eigenvalue weighted by molar-refractivity contribution is 5.89. The summed E-state index contributed by atoms with van der Waals surface area (Å²) in [6, 6.07) is 0. The van der Waals surface area contributed by atoms with E-state index >= 15 is 0 Å². The van der Waals surface area contributed by atoms with Gasteiger partial charge in [-0.1, -0.05) is 19.6 Å². The Bertz CT molecular complexity index is 391. The summed E-state index contributed by atoms with van der Waals surface area (Å²) in [6.45, 7) is 6.03. The van der Waals surface area contributed by atoms with Gasteiger partial charge in [-0.2, -0.15) is 0 Å². The van der Waals surface area contributed by atoms with Crippen LogP contribution in [0.2, 0.25) is 0 Å². The van der Waals surface area contributed by atoms with Crippen LogP contribution in [0.25, 0.3) is 0 Å². The Kier molecular flexibility index (Phi) is 6.48. The van der Waals surface area contributed by atoms with Crippen LogP contribution in [0, 0.1) is 5.92 Å². The molecule has 5 heteroatoms. The minimum absolute atomic E-state index is 0.0423. The van der Waals surface area contributed by atoms with Crippen molar-refractivity contribution in [1.82, 2.24) is 0 Å². The number of quaternary nitrogens is 1. The standard InChI is InChI=1S/C14H23NO4/c1-6-11(14(18)19)9-12(10(2)13(16)17)7-8-15(3,4)5/h9,12H,2,6-8H2,1,3-5H3,(H-,16,17,18,19)/p+1. The lowest BCUT2D eigenvalue weighted by atomic mass is 9.93. The SMILES string of the molecule is C=C(C(=O)O)C(C=C(CC)C(=O)O)CC[N+](C)(C)C. The molecule has 0 saturated heterocycles. The fourth-order valence-corrected chi connectivity index (χ4v) is 1.63. The van der Waals surface area contributed by atoms with Crippen molar-refractivity contribution < 1.29 is 24.3 Å². The maximum Gasteiger partial charge on any atom is 0.331 e. The minimum Gasteiger partial charge on any atom is -0.478 e. The van der Waals surface area contributed by atoms with E-state index in [1.54, 1.807) is 6.92 Å². The third-order valence-electron chi connectivity index (χ3n) is 2.89. The molecule has 19 heavy (non-hydrogen) atoms. The molecule has 0 aliphatic rings. The van der Waals surface area contributed by atoms with Crippen LogP contribution in [0.5, 0.6) is 0 Å². The number of allylic oxidation sites excluding steroid dienone is 1. The lowest BCUT2D eigenvalue weighted by Gasteiger charge is -2.26. The van der Waals surface area contributed by atoms with Crippen molar-refractivity contribution in [2.45, 2.75) is 19.8 Å². The average molecular weight is 270 g/mol. The third-order valence-corrected chi connectivity index (χ3v) is 2.89. The van der Waals surface area contributed by atoms with E-state index in [1.165, 1.54) is 6.08 Å². The second kappa shape index (κ2) is 7.09. The molecule has 0 heterocycles. The van der Waals surface area contributed by atoms with Crippen LogP contribution < -0.4 is 0 Å². The number of nitrogens with zero attached hydrogens (tertiary/aromatic N) is 1. The van der Waals surface area contributed by atoms with Crippen molar-refractivity contribution in [3.63, 3.8) is 0 Å². The van der Waals surface area contributed by atoms with Crippen molar-refractivity contribution in [1.29, 1.82) is 0 Å². The zero-order chi connectivity index (χ0) is 15.2. The first-order valence-electron chi connectivity index (χ1n) is 6.25. The first-order valence-corrected chi connectivity index (χ1v) is 6.25. The van der Waals surface area contributed by atoms with Gasteiger partial charge in [0.25, 0.3) is 0 Å². The molecule has 0 aromatic heterocycles. The highest BCUT2D eigenvalue weighted by Gasteiger charge is 2.21. The second-order valence-corrected chi connectivity index (χ2v) is 5.59. The van der Waals surface area contributed by atoms with Crippen LogP contribution in [0.15, 0.2) is 23.8 Å². The van der Waals surface area contributed by atoms with Gasteiger partial charge in [-0.25, -0.2) is 9.59 Å². The molecule has 5 nitrogen and oxygen atoms in total. The molecular weight excluding hydrogens is 246 g/mol. The van der Waals surface area contributed by atoms with Gasteiger partial charge in [-0.15, -0.1) is 0 Å². The van der Waals surface area contributed by atoms with E-state index in [0.29, 0.717) is 17.3 Å². The topological polar surface area (TPSA) is 74.6 Å². The number of rotatable bonds is 8. The maximum absolute atomic E-state index is 11.0. The monoisotopic (exact) mass is 270 g/mol. The molecule has 0 fully saturated rings. The first kappa shape index (κ1) is 17.4. The molecule has 0 aliphatic carbocycles. The largest absolute Gasteiger partial charge is 0.478 e. The van der Waals surface area contributed by atoms with Gasteiger partial charge < -0.3 is 14.7 Å². The zero-order valence-corrected chi connectivity index (χ0v) is 12.1. The quantitative estimate of drug-likeness (QED) is 0.520. The molecule has 1 unspecified atom stereocenters. The summed E-state index contributed by atoms with van der Waals surface area (Å²) in [4.78, 5) is 22.0. The molecule has 0 amide bonds. The van der Waals surface area contributed by atoms with Gasteiger partial charge in [0.1, 0.15) is 0 Å². The van der Waals surface area contributed by atoms with E-state index in [9.17, 15) is 9.59 Å².